The summed E-state index contributed by atoms with van der Waals surface area (Å²) in [4.78, 5) is -0.530. The molecule has 0 bridgehead atoms. The van der Waals surface area contributed by atoms with Crippen molar-refractivity contribution in [2.24, 2.45) is 5.92 Å². The predicted molar refractivity (Wildman–Crippen MR) is 73.1 cm³/mol. The fourth-order valence-electron chi connectivity index (χ4n) is 2.41. The molecule has 0 aromatic heterocycles. The summed E-state index contributed by atoms with van der Waals surface area (Å²) in [6.07, 6.45) is 3.55. The normalized spacial score (nSPS) is 23.8. The number of halogens is 3. The van der Waals surface area contributed by atoms with Gasteiger partial charge in [0, 0.05) is 18.0 Å². The zero-order valence-electron chi connectivity index (χ0n) is 10.8. The molecule has 0 radical (unpaired) electrons. The van der Waals surface area contributed by atoms with Crippen LogP contribution in [0.25, 0.3) is 0 Å². The molecule has 7 heteroatoms. The predicted octanol–water partition coefficient (Wildman–Crippen LogP) is 3.04. The lowest BCUT2D eigenvalue weighted by Crippen LogP contribution is -2.32. The molecular weight excluding hydrogens is 308 g/mol. The highest BCUT2D eigenvalue weighted by atomic mass is 35.5. The Kier molecular flexibility index (Phi) is 4.99. The Labute approximate surface area is 122 Å². The highest BCUT2D eigenvalue weighted by Crippen LogP contribution is 2.27. The van der Waals surface area contributed by atoms with Crippen LogP contribution in [0.2, 0.25) is 0 Å². The Morgan fingerprint density at radius 2 is 2.05 bits per heavy atom. The summed E-state index contributed by atoms with van der Waals surface area (Å²) in [5.41, 5.74) is 0. The van der Waals surface area contributed by atoms with Crippen molar-refractivity contribution in [1.82, 2.24) is 4.72 Å². The van der Waals surface area contributed by atoms with Crippen LogP contribution in [-0.4, -0.2) is 20.3 Å². The van der Waals surface area contributed by atoms with E-state index in [1.165, 1.54) is 0 Å². The van der Waals surface area contributed by atoms with Gasteiger partial charge in [0.2, 0.25) is 10.0 Å². The molecule has 0 saturated heterocycles. The zero-order chi connectivity index (χ0) is 14.8. The van der Waals surface area contributed by atoms with E-state index in [2.05, 4.69) is 4.72 Å². The second-order valence-corrected chi connectivity index (χ2v) is 7.41. The van der Waals surface area contributed by atoms with E-state index < -0.39 is 26.6 Å². The van der Waals surface area contributed by atoms with Crippen molar-refractivity contribution in [3.05, 3.63) is 29.8 Å². The Morgan fingerprint density at radius 3 is 2.70 bits per heavy atom. The quantitative estimate of drug-likeness (QED) is 0.866. The summed E-state index contributed by atoms with van der Waals surface area (Å²) in [7, 11) is -3.96. The molecule has 1 aliphatic carbocycles. The molecule has 1 aromatic rings. The number of sulfonamides is 1. The minimum atomic E-state index is -3.96. The van der Waals surface area contributed by atoms with Gasteiger partial charge in [-0.1, -0.05) is 6.42 Å². The van der Waals surface area contributed by atoms with Gasteiger partial charge in [-0.15, -0.1) is 11.6 Å². The zero-order valence-corrected chi connectivity index (χ0v) is 12.4. The monoisotopic (exact) mass is 323 g/mol. The average Bonchev–Trinajstić information content (AvgIpc) is 2.36. The first-order valence-electron chi connectivity index (χ1n) is 6.47. The Morgan fingerprint density at radius 1 is 1.30 bits per heavy atom. The van der Waals surface area contributed by atoms with Gasteiger partial charge in [0.25, 0.3) is 0 Å². The molecule has 0 aliphatic heterocycles. The molecule has 20 heavy (non-hydrogen) atoms. The van der Waals surface area contributed by atoms with Crippen molar-refractivity contribution in [2.75, 3.05) is 6.54 Å². The van der Waals surface area contributed by atoms with Crippen LogP contribution in [0.5, 0.6) is 0 Å². The molecule has 2 unspecified atom stereocenters. The molecule has 0 heterocycles. The largest absolute Gasteiger partial charge is 0.243 e. The van der Waals surface area contributed by atoms with Crippen LogP contribution in [0.4, 0.5) is 8.78 Å². The van der Waals surface area contributed by atoms with Crippen LogP contribution in [0, 0.1) is 17.6 Å². The number of hydrogen-bond acceptors (Lipinski definition) is 2. The van der Waals surface area contributed by atoms with Gasteiger partial charge < -0.3 is 0 Å². The van der Waals surface area contributed by atoms with E-state index in [9.17, 15) is 17.2 Å². The standard InChI is InChI=1S/C13H16ClF2NO2S/c14-10-3-1-2-9(6-10)8-17-20(18,19)13-5-4-11(15)7-12(13)16/h4-5,7,9-10,17H,1-3,6,8H2. The van der Waals surface area contributed by atoms with E-state index in [1.54, 1.807) is 0 Å². The molecule has 2 atom stereocenters. The Hall–Kier alpha value is -0.720. The molecular formula is C13H16ClF2NO2S. The molecule has 1 aliphatic rings. The summed E-state index contributed by atoms with van der Waals surface area (Å²) < 4.78 is 52.6. The topological polar surface area (TPSA) is 46.2 Å². The molecule has 1 N–H and O–H groups in total. The van der Waals surface area contributed by atoms with Crippen LogP contribution >= 0.6 is 11.6 Å². The second-order valence-electron chi connectivity index (χ2n) is 5.06. The smallest absolute Gasteiger partial charge is 0.211 e. The van der Waals surface area contributed by atoms with Crippen LogP contribution in [0.15, 0.2) is 23.1 Å². The lowest BCUT2D eigenvalue weighted by molar-refractivity contribution is 0.361. The maximum absolute atomic E-state index is 13.5. The maximum Gasteiger partial charge on any atom is 0.243 e. The number of hydrogen-bond donors (Lipinski definition) is 1. The first-order valence-corrected chi connectivity index (χ1v) is 8.39. The van der Waals surface area contributed by atoms with Crippen molar-refractivity contribution in [3.8, 4) is 0 Å². The minimum absolute atomic E-state index is 0.0702. The lowest BCUT2D eigenvalue weighted by atomic mass is 9.89. The molecule has 2 rings (SSSR count). The third-order valence-electron chi connectivity index (χ3n) is 3.46. The molecule has 3 nitrogen and oxygen atoms in total. The van der Waals surface area contributed by atoms with Gasteiger partial charge in [0.05, 0.1) is 0 Å². The average molecular weight is 324 g/mol. The van der Waals surface area contributed by atoms with Crippen LogP contribution in [0.1, 0.15) is 25.7 Å². The fraction of sp³-hybridized carbons (Fsp3) is 0.538. The Balaban J connectivity index is 2.03. The fourth-order valence-corrected chi connectivity index (χ4v) is 3.99. The van der Waals surface area contributed by atoms with Crippen molar-refractivity contribution in [1.29, 1.82) is 0 Å². The second kappa shape index (κ2) is 6.37. The van der Waals surface area contributed by atoms with Gasteiger partial charge in [-0.05, 0) is 37.3 Å². The van der Waals surface area contributed by atoms with E-state index in [0.717, 1.165) is 37.8 Å². The van der Waals surface area contributed by atoms with Crippen LogP contribution in [-0.2, 0) is 10.0 Å². The first kappa shape index (κ1) is 15.7. The third kappa shape index (κ3) is 3.90. The summed E-state index contributed by atoms with van der Waals surface area (Å²) >= 11 is 6.04. The van der Waals surface area contributed by atoms with Gasteiger partial charge in [0.1, 0.15) is 16.5 Å². The van der Waals surface area contributed by atoms with Gasteiger partial charge >= 0.3 is 0 Å². The van der Waals surface area contributed by atoms with Gasteiger partial charge in [-0.2, -0.15) is 0 Å². The van der Waals surface area contributed by atoms with Gasteiger partial charge in [-0.3, -0.25) is 0 Å². The number of nitrogens with one attached hydrogen (secondary N) is 1. The highest BCUT2D eigenvalue weighted by Gasteiger charge is 2.24. The number of rotatable bonds is 4. The number of alkyl halides is 1. The molecule has 0 amide bonds. The van der Waals surface area contributed by atoms with Crippen molar-refractivity contribution in [2.45, 2.75) is 36.0 Å². The molecule has 112 valence electrons. The minimum Gasteiger partial charge on any atom is -0.211 e. The summed E-state index contributed by atoms with van der Waals surface area (Å²) in [6, 6.07) is 2.41. The maximum atomic E-state index is 13.5. The summed E-state index contributed by atoms with van der Waals surface area (Å²) in [5, 5.41) is 0.0702. The lowest BCUT2D eigenvalue weighted by Gasteiger charge is -2.25. The highest BCUT2D eigenvalue weighted by molar-refractivity contribution is 7.89. The molecule has 1 fully saturated rings. The van der Waals surface area contributed by atoms with Crippen molar-refractivity contribution in [3.63, 3.8) is 0 Å². The summed E-state index contributed by atoms with van der Waals surface area (Å²) in [6.45, 7) is 0.225. The van der Waals surface area contributed by atoms with Crippen molar-refractivity contribution < 1.29 is 17.2 Å². The van der Waals surface area contributed by atoms with E-state index in [4.69, 9.17) is 11.6 Å². The van der Waals surface area contributed by atoms with Gasteiger partial charge in [-0.25, -0.2) is 21.9 Å². The van der Waals surface area contributed by atoms with Gasteiger partial charge in [0.15, 0.2) is 0 Å². The molecule has 1 saturated carbocycles. The van der Waals surface area contributed by atoms with Crippen LogP contribution in [0.3, 0.4) is 0 Å². The van der Waals surface area contributed by atoms with E-state index in [-0.39, 0.29) is 17.8 Å². The van der Waals surface area contributed by atoms with E-state index in [1.807, 2.05) is 0 Å². The molecule has 1 aromatic carbocycles. The SMILES string of the molecule is O=S(=O)(NCC1CCCC(Cl)C1)c1ccc(F)cc1F. The van der Waals surface area contributed by atoms with E-state index >= 15 is 0 Å². The van der Waals surface area contributed by atoms with Crippen LogP contribution < -0.4 is 4.72 Å². The first-order chi connectivity index (χ1) is 9.38. The summed E-state index contributed by atoms with van der Waals surface area (Å²) in [5.74, 6) is -1.74. The third-order valence-corrected chi connectivity index (χ3v) is 5.32. The van der Waals surface area contributed by atoms with Crippen molar-refractivity contribution >= 4 is 21.6 Å². The van der Waals surface area contributed by atoms with E-state index in [0.29, 0.717) is 6.07 Å². The number of benzene rings is 1. The Bertz CT molecular complexity index is 580. The molecule has 0 spiro atoms.